The smallest absolute Gasteiger partial charge is 0.380 e. The Hall–Kier alpha value is -2.87. The minimum atomic E-state index is -4.49. The van der Waals surface area contributed by atoms with Gasteiger partial charge in [-0.2, -0.15) is 18.2 Å². The number of anilines is 1. The summed E-state index contributed by atoms with van der Waals surface area (Å²) < 4.78 is 52.2. The molecule has 0 saturated carbocycles. The van der Waals surface area contributed by atoms with E-state index in [9.17, 15) is 13.2 Å². The van der Waals surface area contributed by atoms with Crippen LogP contribution in [0.25, 0.3) is 22.8 Å². The van der Waals surface area contributed by atoms with Gasteiger partial charge in [-0.3, -0.25) is 0 Å². The number of benzene rings is 2. The number of halogens is 3. The van der Waals surface area contributed by atoms with Gasteiger partial charge >= 0.3 is 6.18 Å². The first-order valence-electron chi connectivity index (χ1n) is 10.3. The second kappa shape index (κ2) is 8.70. The predicted octanol–water partition coefficient (Wildman–Crippen LogP) is 5.95. The molecule has 0 aliphatic carbocycles. The fourth-order valence-corrected chi connectivity index (χ4v) is 4.03. The zero-order valence-electron chi connectivity index (χ0n) is 17.4. The van der Waals surface area contributed by atoms with Gasteiger partial charge in [0.25, 0.3) is 5.89 Å². The number of nitrogens with zero attached hydrogens (tertiary/aromatic N) is 3. The van der Waals surface area contributed by atoms with Gasteiger partial charge in [0.1, 0.15) is 0 Å². The molecular weight excluding hydrogens is 407 g/mol. The van der Waals surface area contributed by atoms with Crippen molar-refractivity contribution in [2.45, 2.75) is 45.0 Å². The maximum absolute atomic E-state index is 13.9. The van der Waals surface area contributed by atoms with E-state index in [2.05, 4.69) is 10.1 Å². The lowest BCUT2D eigenvalue weighted by Gasteiger charge is -2.37. The van der Waals surface area contributed by atoms with Crippen molar-refractivity contribution in [1.29, 1.82) is 0 Å². The molecule has 2 heterocycles. The summed E-state index contributed by atoms with van der Waals surface area (Å²) in [4.78, 5) is 6.18. The molecule has 1 saturated heterocycles. The Balaban J connectivity index is 1.68. The normalized spacial score (nSPS) is 17.2. The van der Waals surface area contributed by atoms with Crippen molar-refractivity contribution in [1.82, 2.24) is 10.1 Å². The van der Waals surface area contributed by atoms with Crippen molar-refractivity contribution >= 4 is 5.69 Å². The fourth-order valence-electron chi connectivity index (χ4n) is 4.03. The highest BCUT2D eigenvalue weighted by molar-refractivity contribution is 5.67. The van der Waals surface area contributed by atoms with Crippen LogP contribution in [-0.4, -0.2) is 29.8 Å². The third kappa shape index (κ3) is 4.58. The third-order valence-corrected chi connectivity index (χ3v) is 5.58. The molecule has 0 radical (unpaired) electrons. The zero-order valence-corrected chi connectivity index (χ0v) is 17.4. The second-order valence-electron chi connectivity index (χ2n) is 7.82. The van der Waals surface area contributed by atoms with Gasteiger partial charge in [-0.1, -0.05) is 23.4 Å². The number of methoxy groups -OCH3 is 1. The summed E-state index contributed by atoms with van der Waals surface area (Å²) in [6, 6.07) is 11.7. The number of hydrogen-bond donors (Lipinski definition) is 0. The van der Waals surface area contributed by atoms with E-state index >= 15 is 0 Å². The Morgan fingerprint density at radius 3 is 2.71 bits per heavy atom. The predicted molar refractivity (Wildman–Crippen MR) is 112 cm³/mol. The van der Waals surface area contributed by atoms with Crippen molar-refractivity contribution < 1.29 is 22.4 Å². The van der Waals surface area contributed by atoms with E-state index in [-0.39, 0.29) is 23.2 Å². The number of aromatic nitrogens is 2. The van der Waals surface area contributed by atoms with Crippen LogP contribution >= 0.6 is 0 Å². The van der Waals surface area contributed by atoms with E-state index in [1.807, 2.05) is 36.1 Å². The van der Waals surface area contributed by atoms with Gasteiger partial charge < -0.3 is 14.2 Å². The van der Waals surface area contributed by atoms with Crippen molar-refractivity contribution in [3.63, 3.8) is 0 Å². The topological polar surface area (TPSA) is 51.4 Å². The van der Waals surface area contributed by atoms with Gasteiger partial charge in [0.15, 0.2) is 0 Å². The van der Waals surface area contributed by atoms with E-state index in [4.69, 9.17) is 9.26 Å². The van der Waals surface area contributed by atoms with E-state index in [1.54, 1.807) is 13.2 Å². The van der Waals surface area contributed by atoms with Gasteiger partial charge in [0.2, 0.25) is 5.82 Å². The first kappa shape index (κ1) is 21.4. The molecular formula is C23H24F3N3O2. The van der Waals surface area contributed by atoms with Gasteiger partial charge in [0.05, 0.1) is 12.2 Å². The van der Waals surface area contributed by atoms with Crippen LogP contribution in [0.1, 0.15) is 37.3 Å². The maximum atomic E-state index is 13.9. The first-order valence-corrected chi connectivity index (χ1v) is 10.3. The van der Waals surface area contributed by atoms with Crippen LogP contribution in [0.4, 0.5) is 18.9 Å². The molecule has 0 amide bonds. The van der Waals surface area contributed by atoms with Crippen molar-refractivity contribution in [3.8, 4) is 22.8 Å². The summed E-state index contributed by atoms with van der Waals surface area (Å²) in [5.74, 6) is 0.367. The molecule has 0 spiro atoms. The average Bonchev–Trinajstić information content (AvgIpc) is 3.24. The minimum absolute atomic E-state index is 0.0517. The largest absolute Gasteiger partial charge is 0.418 e. The van der Waals surface area contributed by atoms with Crippen LogP contribution in [0.15, 0.2) is 47.0 Å². The Morgan fingerprint density at radius 2 is 1.97 bits per heavy atom. The molecule has 1 aromatic heterocycles. The highest BCUT2D eigenvalue weighted by Gasteiger charge is 2.37. The van der Waals surface area contributed by atoms with E-state index < -0.39 is 11.7 Å². The Morgan fingerprint density at radius 1 is 1.13 bits per heavy atom. The summed E-state index contributed by atoms with van der Waals surface area (Å²) in [6.07, 6.45) is -1.68. The Kier molecular flexibility index (Phi) is 6.00. The minimum Gasteiger partial charge on any atom is -0.380 e. The lowest BCUT2D eigenvalue weighted by molar-refractivity contribution is -0.137. The quantitative estimate of drug-likeness (QED) is 0.500. The molecule has 1 atom stereocenters. The van der Waals surface area contributed by atoms with E-state index in [0.29, 0.717) is 24.5 Å². The highest BCUT2D eigenvalue weighted by atomic mass is 19.4. The average molecular weight is 431 g/mol. The highest BCUT2D eigenvalue weighted by Crippen LogP contribution is 2.41. The van der Waals surface area contributed by atoms with Crippen LogP contribution < -0.4 is 4.90 Å². The number of piperidine rings is 1. The standard InChI is InChI=1S/C23H24F3N3O2/c1-15-6-3-4-11-29(15)20-10-9-18(13-19(20)23(24,25)26)22-27-21(28-31-22)17-8-5-7-16(12-17)14-30-2/h5,7-10,12-13,15H,3-4,6,11,14H2,1-2H3. The first-order chi connectivity index (χ1) is 14.9. The molecule has 3 aromatic rings. The SMILES string of the molecule is COCc1cccc(-c2noc(-c3ccc(N4CCCCC4C)c(C(F)(F)F)c3)n2)c1. The molecule has 1 unspecified atom stereocenters. The molecule has 8 heteroatoms. The number of rotatable bonds is 5. The lowest BCUT2D eigenvalue weighted by atomic mass is 9.99. The fraction of sp³-hybridized carbons (Fsp3) is 0.391. The van der Waals surface area contributed by atoms with Crippen molar-refractivity contribution in [2.24, 2.45) is 0 Å². The molecule has 4 rings (SSSR count). The van der Waals surface area contributed by atoms with Crippen LogP contribution in [0.2, 0.25) is 0 Å². The van der Waals surface area contributed by atoms with Crippen LogP contribution in [0.5, 0.6) is 0 Å². The summed E-state index contributed by atoms with van der Waals surface area (Å²) >= 11 is 0. The Labute approximate surface area is 178 Å². The monoisotopic (exact) mass is 431 g/mol. The lowest BCUT2D eigenvalue weighted by Crippen LogP contribution is -2.38. The molecule has 1 aliphatic heterocycles. The molecule has 5 nitrogen and oxygen atoms in total. The van der Waals surface area contributed by atoms with Gasteiger partial charge in [0, 0.05) is 36.5 Å². The summed E-state index contributed by atoms with van der Waals surface area (Å²) in [6.45, 7) is 3.02. The maximum Gasteiger partial charge on any atom is 0.418 e. The second-order valence-corrected chi connectivity index (χ2v) is 7.82. The number of hydrogen-bond acceptors (Lipinski definition) is 5. The number of ether oxygens (including phenoxy) is 1. The van der Waals surface area contributed by atoms with Crippen molar-refractivity contribution in [3.05, 3.63) is 53.6 Å². The van der Waals surface area contributed by atoms with Gasteiger partial charge in [-0.25, -0.2) is 0 Å². The van der Waals surface area contributed by atoms with Gasteiger partial charge in [-0.05, 0) is 56.0 Å². The van der Waals surface area contributed by atoms with Crippen molar-refractivity contribution in [2.75, 3.05) is 18.6 Å². The molecule has 0 N–H and O–H groups in total. The summed E-state index contributed by atoms with van der Waals surface area (Å²) in [5.41, 5.74) is 1.41. The zero-order chi connectivity index (χ0) is 22.0. The summed E-state index contributed by atoms with van der Waals surface area (Å²) in [5, 5.41) is 3.96. The Bertz CT molecular complexity index is 1050. The molecule has 2 aromatic carbocycles. The van der Waals surface area contributed by atoms with Gasteiger partial charge in [-0.15, -0.1) is 0 Å². The van der Waals surface area contributed by atoms with Crippen LogP contribution in [0, 0.1) is 0 Å². The molecule has 31 heavy (non-hydrogen) atoms. The number of alkyl halides is 3. The van der Waals surface area contributed by atoms with E-state index in [0.717, 1.165) is 30.9 Å². The van der Waals surface area contributed by atoms with E-state index in [1.165, 1.54) is 6.07 Å². The molecule has 1 fully saturated rings. The molecule has 164 valence electrons. The third-order valence-electron chi connectivity index (χ3n) is 5.58. The molecule has 0 bridgehead atoms. The summed E-state index contributed by atoms with van der Waals surface area (Å²) in [7, 11) is 1.60. The van der Waals surface area contributed by atoms with Crippen LogP contribution in [-0.2, 0) is 17.5 Å². The van der Waals surface area contributed by atoms with Crippen LogP contribution in [0.3, 0.4) is 0 Å². The molecule has 1 aliphatic rings.